The Kier molecular flexibility index (Phi) is 3.36. The highest BCUT2D eigenvalue weighted by molar-refractivity contribution is 7.89. The fraction of sp³-hybridized carbons (Fsp3) is 0.750. The third-order valence-corrected chi connectivity index (χ3v) is 3.15. The Morgan fingerprint density at radius 3 is 2.38 bits per heavy atom. The van der Waals surface area contributed by atoms with Crippen molar-refractivity contribution in [3.63, 3.8) is 0 Å². The van der Waals surface area contributed by atoms with Gasteiger partial charge in [0.1, 0.15) is 5.60 Å². The van der Waals surface area contributed by atoms with Gasteiger partial charge in [0, 0.05) is 13.7 Å². The predicted molar refractivity (Wildman–Crippen MR) is 57.1 cm³/mol. The molecule has 0 unspecified atom stereocenters. The molecule has 2 N–H and O–H groups in total. The van der Waals surface area contributed by atoms with Crippen molar-refractivity contribution in [2.45, 2.75) is 38.1 Å². The van der Waals surface area contributed by atoms with Gasteiger partial charge in [0.05, 0.1) is 0 Å². The molecule has 0 aliphatic heterocycles. The summed E-state index contributed by atoms with van der Waals surface area (Å²) < 4.78 is 29.2. The lowest BCUT2D eigenvalue weighted by Crippen LogP contribution is -2.27. The highest BCUT2D eigenvalue weighted by Crippen LogP contribution is 2.23. The molecule has 1 heterocycles. The van der Waals surface area contributed by atoms with Crippen LogP contribution >= 0.6 is 0 Å². The maximum atomic E-state index is 11.3. The number of ether oxygens (including phenoxy) is 1. The molecule has 0 bridgehead atoms. The van der Waals surface area contributed by atoms with E-state index < -0.39 is 15.6 Å². The first-order valence-corrected chi connectivity index (χ1v) is 6.30. The molecule has 0 saturated carbocycles. The highest BCUT2D eigenvalue weighted by Gasteiger charge is 2.30. The smallest absolute Gasteiger partial charge is 0.273 e. The molecule has 8 heteroatoms. The summed E-state index contributed by atoms with van der Waals surface area (Å²) in [5.74, 6) is 0.432. The molecule has 1 aromatic rings. The first-order valence-electron chi connectivity index (χ1n) is 4.75. The van der Waals surface area contributed by atoms with Crippen molar-refractivity contribution in [1.82, 2.24) is 14.8 Å². The maximum Gasteiger partial charge on any atom is 0.273 e. The summed E-state index contributed by atoms with van der Waals surface area (Å²) in [5.41, 5.74) is -0.716. The molecule has 0 aliphatic rings. The van der Waals surface area contributed by atoms with Crippen LogP contribution in [0.2, 0.25) is 0 Å². The topological polar surface area (TPSA) is 100 Å². The van der Waals surface area contributed by atoms with Crippen LogP contribution in [0.3, 0.4) is 0 Å². The number of aromatic nitrogens is 3. The Hall–Kier alpha value is -0.990. The molecule has 1 rings (SSSR count). The highest BCUT2D eigenvalue weighted by atomic mass is 32.2. The number of nitrogens with zero attached hydrogens (tertiary/aromatic N) is 3. The minimum Gasteiger partial charge on any atom is -0.371 e. The molecule has 0 spiro atoms. The lowest BCUT2D eigenvalue weighted by molar-refractivity contribution is 0.00791. The molecule has 0 saturated heterocycles. The van der Waals surface area contributed by atoms with Crippen molar-refractivity contribution in [3.05, 3.63) is 5.82 Å². The predicted octanol–water partition coefficient (Wildman–Crippen LogP) is -0.173. The Morgan fingerprint density at radius 2 is 2.00 bits per heavy atom. The van der Waals surface area contributed by atoms with Crippen LogP contribution in [0.25, 0.3) is 0 Å². The van der Waals surface area contributed by atoms with Crippen molar-refractivity contribution in [2.24, 2.45) is 5.14 Å². The zero-order valence-corrected chi connectivity index (χ0v) is 10.6. The van der Waals surface area contributed by atoms with Gasteiger partial charge in [-0.3, -0.25) is 4.57 Å². The molecule has 0 aliphatic carbocycles. The van der Waals surface area contributed by atoms with Crippen LogP contribution in [-0.4, -0.2) is 30.3 Å². The second kappa shape index (κ2) is 4.11. The van der Waals surface area contributed by atoms with Gasteiger partial charge in [-0.1, -0.05) is 0 Å². The summed E-state index contributed by atoms with van der Waals surface area (Å²) in [5, 5.41) is 12.2. The second-order valence-electron chi connectivity index (χ2n) is 3.81. The van der Waals surface area contributed by atoms with E-state index in [2.05, 4.69) is 10.2 Å². The van der Waals surface area contributed by atoms with E-state index in [0.717, 1.165) is 0 Å². The zero-order valence-electron chi connectivity index (χ0n) is 9.76. The summed E-state index contributed by atoms with van der Waals surface area (Å²) in [6.07, 6.45) is 0. The second-order valence-corrected chi connectivity index (χ2v) is 5.27. The molecular formula is C8H16N4O3S. The minimum absolute atomic E-state index is 0.241. The molecule has 0 amide bonds. The van der Waals surface area contributed by atoms with Crippen LogP contribution in [-0.2, 0) is 26.9 Å². The first kappa shape index (κ1) is 13.1. The molecule has 0 aromatic carbocycles. The van der Waals surface area contributed by atoms with E-state index in [1.807, 2.05) is 0 Å². The van der Waals surface area contributed by atoms with Crippen LogP contribution < -0.4 is 5.14 Å². The van der Waals surface area contributed by atoms with Gasteiger partial charge < -0.3 is 4.74 Å². The lowest BCUT2D eigenvalue weighted by atomic mass is 10.1. The fourth-order valence-electron chi connectivity index (χ4n) is 1.32. The molecule has 0 fully saturated rings. The molecule has 1 aromatic heterocycles. The number of hydrogen-bond acceptors (Lipinski definition) is 5. The molecule has 7 nitrogen and oxygen atoms in total. The van der Waals surface area contributed by atoms with Gasteiger partial charge in [0.25, 0.3) is 15.2 Å². The number of primary sulfonamides is 1. The number of sulfonamides is 1. The molecule has 0 radical (unpaired) electrons. The fourth-order valence-corrected chi connectivity index (χ4v) is 2.00. The van der Waals surface area contributed by atoms with Crippen molar-refractivity contribution in [1.29, 1.82) is 0 Å². The quantitative estimate of drug-likeness (QED) is 0.797. The van der Waals surface area contributed by atoms with Crippen LogP contribution in [0.4, 0.5) is 0 Å². The summed E-state index contributed by atoms with van der Waals surface area (Å²) in [4.78, 5) is 0. The Labute approximate surface area is 94.7 Å². The summed E-state index contributed by atoms with van der Waals surface area (Å²) >= 11 is 0. The molecule has 92 valence electrons. The van der Waals surface area contributed by atoms with Crippen molar-refractivity contribution < 1.29 is 13.2 Å². The van der Waals surface area contributed by atoms with E-state index in [1.165, 1.54) is 11.7 Å². The van der Waals surface area contributed by atoms with E-state index in [9.17, 15) is 8.42 Å². The largest absolute Gasteiger partial charge is 0.371 e. The van der Waals surface area contributed by atoms with Gasteiger partial charge in [-0.2, -0.15) is 0 Å². The Morgan fingerprint density at radius 1 is 1.44 bits per heavy atom. The van der Waals surface area contributed by atoms with Crippen LogP contribution in [0.1, 0.15) is 26.6 Å². The van der Waals surface area contributed by atoms with Gasteiger partial charge >= 0.3 is 0 Å². The van der Waals surface area contributed by atoms with Crippen LogP contribution in [0, 0.1) is 0 Å². The number of rotatable bonds is 4. The average molecular weight is 248 g/mol. The SMILES string of the molecule is CCn1c(C(C)(C)OC)nnc1S(N)(=O)=O. The summed E-state index contributed by atoms with van der Waals surface area (Å²) in [6, 6.07) is 0. The van der Waals surface area contributed by atoms with Gasteiger partial charge in [-0.05, 0) is 20.8 Å². The van der Waals surface area contributed by atoms with Crippen LogP contribution in [0.15, 0.2) is 5.16 Å². The maximum absolute atomic E-state index is 11.3. The normalized spacial score (nSPS) is 13.1. The third kappa shape index (κ3) is 2.23. The van der Waals surface area contributed by atoms with Gasteiger partial charge in [-0.15, -0.1) is 10.2 Å². The first-order chi connectivity index (χ1) is 7.24. The van der Waals surface area contributed by atoms with Gasteiger partial charge in [-0.25, -0.2) is 13.6 Å². The average Bonchev–Trinajstić information content (AvgIpc) is 2.60. The van der Waals surface area contributed by atoms with Crippen LogP contribution in [0.5, 0.6) is 0 Å². The van der Waals surface area contributed by atoms with Crippen molar-refractivity contribution >= 4 is 10.0 Å². The molecular weight excluding hydrogens is 232 g/mol. The van der Waals surface area contributed by atoms with Gasteiger partial charge in [0.15, 0.2) is 5.82 Å². The van der Waals surface area contributed by atoms with Crippen molar-refractivity contribution in [2.75, 3.05) is 7.11 Å². The Bertz CT molecular complexity index is 477. The van der Waals surface area contributed by atoms with E-state index in [-0.39, 0.29) is 5.16 Å². The minimum atomic E-state index is -3.86. The molecule has 16 heavy (non-hydrogen) atoms. The third-order valence-electron chi connectivity index (χ3n) is 2.34. The van der Waals surface area contributed by atoms with E-state index >= 15 is 0 Å². The summed E-state index contributed by atoms with van der Waals surface area (Å²) in [6.45, 7) is 5.74. The van der Waals surface area contributed by atoms with Crippen molar-refractivity contribution in [3.8, 4) is 0 Å². The zero-order chi connectivity index (χ0) is 12.6. The number of hydrogen-bond donors (Lipinski definition) is 1. The van der Waals surface area contributed by atoms with Gasteiger partial charge in [0.2, 0.25) is 0 Å². The Balaban J connectivity index is 3.42. The number of nitrogens with two attached hydrogens (primary N) is 1. The van der Waals surface area contributed by atoms with E-state index in [0.29, 0.717) is 12.4 Å². The standard InChI is InChI=1S/C8H16N4O3S/c1-5-12-6(8(2,3)15-4)10-11-7(12)16(9,13)14/h5H2,1-4H3,(H2,9,13,14). The van der Waals surface area contributed by atoms with E-state index in [4.69, 9.17) is 9.88 Å². The van der Waals surface area contributed by atoms with E-state index in [1.54, 1.807) is 20.8 Å². The monoisotopic (exact) mass is 248 g/mol. The molecule has 0 atom stereocenters. The number of methoxy groups -OCH3 is 1. The lowest BCUT2D eigenvalue weighted by Gasteiger charge is -2.22. The summed E-state index contributed by atoms with van der Waals surface area (Å²) in [7, 11) is -2.34.